The normalized spacial score (nSPS) is 20.6. The highest BCUT2D eigenvalue weighted by molar-refractivity contribution is 6.37. The largest absolute Gasteiger partial charge is 0.444 e. The molecule has 1 aliphatic carbocycles. The number of ketones is 1. The molecule has 1 saturated carbocycles. The third kappa shape index (κ3) is 7.43. The lowest BCUT2D eigenvalue weighted by Crippen LogP contribution is -2.59. The maximum absolute atomic E-state index is 13.5. The van der Waals surface area contributed by atoms with Crippen molar-refractivity contribution in [1.82, 2.24) is 15.5 Å². The molecule has 10 nitrogen and oxygen atoms in total. The van der Waals surface area contributed by atoms with Crippen LogP contribution in [0.25, 0.3) is 0 Å². The molecule has 1 heterocycles. The quantitative estimate of drug-likeness (QED) is 0.450. The van der Waals surface area contributed by atoms with Crippen LogP contribution in [-0.2, 0) is 23.9 Å². The molecule has 1 aliphatic heterocycles. The summed E-state index contributed by atoms with van der Waals surface area (Å²) in [6.07, 6.45) is 3.60. The van der Waals surface area contributed by atoms with Crippen LogP contribution in [0.2, 0.25) is 0 Å². The maximum atomic E-state index is 13.5. The highest BCUT2D eigenvalue weighted by atomic mass is 16.6. The Morgan fingerprint density at radius 1 is 0.971 bits per heavy atom. The number of nitrogens with two attached hydrogens (primary N) is 1. The maximum Gasteiger partial charge on any atom is 0.408 e. The number of ether oxygens (including phenoxy) is 1. The molecule has 34 heavy (non-hydrogen) atoms. The summed E-state index contributed by atoms with van der Waals surface area (Å²) >= 11 is 0. The number of hydrogen-bond donors (Lipinski definition) is 3. The predicted octanol–water partition coefficient (Wildman–Crippen LogP) is 1.65. The number of carbonyl (C=O) groups is 5. The Kier molecular flexibility index (Phi) is 8.71. The lowest BCUT2D eigenvalue weighted by molar-refractivity contribution is -0.143. The highest BCUT2D eigenvalue weighted by Gasteiger charge is 2.43. The first-order valence-electron chi connectivity index (χ1n) is 12.0. The van der Waals surface area contributed by atoms with Crippen LogP contribution in [-0.4, -0.2) is 64.8 Å². The van der Waals surface area contributed by atoms with Crippen molar-refractivity contribution < 1.29 is 28.7 Å². The number of rotatable bonds is 8. The molecule has 1 saturated heterocycles. The second kappa shape index (κ2) is 10.7. The van der Waals surface area contributed by atoms with Crippen molar-refractivity contribution >= 4 is 29.6 Å². The number of nitrogens with one attached hydrogen (secondary N) is 2. The number of amides is 4. The molecule has 4 amide bonds. The second-order valence-electron chi connectivity index (χ2n) is 11.5. The summed E-state index contributed by atoms with van der Waals surface area (Å²) in [5.74, 6) is -2.53. The number of carbonyl (C=O) groups excluding carboxylic acids is 5. The Morgan fingerprint density at radius 2 is 1.59 bits per heavy atom. The Balaban J connectivity index is 2.15. The zero-order valence-electron chi connectivity index (χ0n) is 21.2. The van der Waals surface area contributed by atoms with Crippen LogP contribution >= 0.6 is 0 Å². The fourth-order valence-corrected chi connectivity index (χ4v) is 4.28. The van der Waals surface area contributed by atoms with Crippen LogP contribution < -0.4 is 16.4 Å². The van der Waals surface area contributed by atoms with E-state index in [0.29, 0.717) is 25.8 Å². The first-order valence-corrected chi connectivity index (χ1v) is 12.0. The summed E-state index contributed by atoms with van der Waals surface area (Å²) < 4.78 is 5.32. The molecule has 2 aliphatic rings. The van der Waals surface area contributed by atoms with Crippen LogP contribution in [0.3, 0.4) is 0 Å². The first kappa shape index (κ1) is 27.6. The van der Waals surface area contributed by atoms with E-state index in [-0.39, 0.29) is 5.92 Å². The average molecular weight is 481 g/mol. The Labute approximate surface area is 201 Å². The molecule has 10 heteroatoms. The monoisotopic (exact) mass is 480 g/mol. The van der Waals surface area contributed by atoms with Crippen molar-refractivity contribution in [2.24, 2.45) is 17.1 Å². The fraction of sp³-hybridized carbons (Fsp3) is 0.792. The lowest BCUT2D eigenvalue weighted by atomic mass is 9.80. The van der Waals surface area contributed by atoms with Crippen molar-refractivity contribution in [2.75, 3.05) is 6.54 Å². The minimum absolute atomic E-state index is 0.262. The van der Waals surface area contributed by atoms with E-state index >= 15 is 0 Å². The molecule has 0 radical (unpaired) electrons. The van der Waals surface area contributed by atoms with Crippen LogP contribution in [0.4, 0.5) is 4.79 Å². The van der Waals surface area contributed by atoms with Crippen molar-refractivity contribution in [2.45, 2.75) is 104 Å². The summed E-state index contributed by atoms with van der Waals surface area (Å²) in [6, 6.07) is -2.72. The molecule has 4 N–H and O–H groups in total. The lowest BCUT2D eigenvalue weighted by Gasteiger charge is -2.36. The van der Waals surface area contributed by atoms with Gasteiger partial charge in [0, 0.05) is 6.54 Å². The van der Waals surface area contributed by atoms with Gasteiger partial charge in [0.05, 0.1) is 6.04 Å². The zero-order valence-corrected chi connectivity index (χ0v) is 21.2. The molecule has 0 aromatic rings. The van der Waals surface area contributed by atoms with Crippen molar-refractivity contribution in [1.29, 1.82) is 0 Å². The SMILES string of the molecule is CC(C)(C)OC(=O)N[C@H](C(=O)N1CCCC1C(=O)NC(CC1CCC1)C(=O)C(N)=O)C(C)(C)C. The molecular formula is C24H40N4O6. The minimum Gasteiger partial charge on any atom is -0.444 e. The summed E-state index contributed by atoms with van der Waals surface area (Å²) in [5, 5.41) is 5.34. The Morgan fingerprint density at radius 3 is 2.06 bits per heavy atom. The van der Waals surface area contributed by atoms with Crippen molar-refractivity contribution in [3.05, 3.63) is 0 Å². The molecule has 2 rings (SSSR count). The van der Waals surface area contributed by atoms with Crippen LogP contribution in [0.1, 0.15) is 80.1 Å². The van der Waals surface area contributed by atoms with Gasteiger partial charge in [-0.3, -0.25) is 19.2 Å². The molecule has 0 aromatic heterocycles. The van der Waals surface area contributed by atoms with E-state index in [0.717, 1.165) is 19.3 Å². The molecule has 192 valence electrons. The topological polar surface area (TPSA) is 148 Å². The van der Waals surface area contributed by atoms with Gasteiger partial charge in [-0.2, -0.15) is 0 Å². The van der Waals surface area contributed by atoms with E-state index in [9.17, 15) is 24.0 Å². The fourth-order valence-electron chi connectivity index (χ4n) is 4.28. The van der Waals surface area contributed by atoms with Gasteiger partial charge in [0.2, 0.25) is 17.6 Å². The second-order valence-corrected chi connectivity index (χ2v) is 11.5. The van der Waals surface area contributed by atoms with Crippen molar-refractivity contribution in [3.8, 4) is 0 Å². The minimum atomic E-state index is -1.08. The van der Waals surface area contributed by atoms with Gasteiger partial charge in [-0.25, -0.2) is 4.79 Å². The molecule has 0 bridgehead atoms. The first-order chi connectivity index (χ1) is 15.6. The van der Waals surface area contributed by atoms with E-state index in [4.69, 9.17) is 10.5 Å². The van der Waals surface area contributed by atoms with Crippen LogP contribution in [0, 0.1) is 11.3 Å². The molecule has 0 spiro atoms. The van der Waals surface area contributed by atoms with E-state index in [1.54, 1.807) is 20.8 Å². The van der Waals surface area contributed by atoms with Gasteiger partial charge >= 0.3 is 6.09 Å². The summed E-state index contributed by atoms with van der Waals surface area (Å²) in [7, 11) is 0. The molecule has 0 aromatic carbocycles. The molecular weight excluding hydrogens is 440 g/mol. The van der Waals surface area contributed by atoms with Gasteiger partial charge < -0.3 is 26.0 Å². The number of likely N-dealkylation sites (tertiary alicyclic amines) is 1. The van der Waals surface area contributed by atoms with Gasteiger partial charge in [0.1, 0.15) is 17.7 Å². The van der Waals surface area contributed by atoms with E-state index in [1.807, 2.05) is 20.8 Å². The van der Waals surface area contributed by atoms with Crippen LogP contribution in [0.5, 0.6) is 0 Å². The number of hydrogen-bond acceptors (Lipinski definition) is 6. The summed E-state index contributed by atoms with van der Waals surface area (Å²) in [4.78, 5) is 64.3. The van der Waals surface area contributed by atoms with Gasteiger partial charge in [0.25, 0.3) is 5.91 Å². The third-order valence-electron chi connectivity index (χ3n) is 6.28. The molecule has 3 atom stereocenters. The van der Waals surface area contributed by atoms with Crippen molar-refractivity contribution in [3.63, 3.8) is 0 Å². The molecule has 2 unspecified atom stereocenters. The zero-order chi connectivity index (χ0) is 25.8. The van der Waals surface area contributed by atoms with E-state index < -0.39 is 58.7 Å². The average Bonchev–Trinajstić information content (AvgIpc) is 3.14. The Hall–Kier alpha value is -2.65. The Bertz CT molecular complexity index is 809. The third-order valence-corrected chi connectivity index (χ3v) is 6.28. The summed E-state index contributed by atoms with van der Waals surface area (Å²) in [5.41, 5.74) is 3.82. The number of primary amides is 1. The standard InChI is InChI=1S/C24H40N4O6/c1-23(2,3)18(27-22(33)34-24(4,5)6)21(32)28-12-8-11-16(28)20(31)26-15(17(29)19(25)30)13-14-9-7-10-14/h14-16,18H,7-13H2,1-6H3,(H2,25,30)(H,26,31)(H,27,33)/t15?,16?,18-/m1/s1. The number of nitrogens with zero attached hydrogens (tertiary/aromatic N) is 1. The van der Waals surface area contributed by atoms with Gasteiger partial charge in [0.15, 0.2) is 0 Å². The number of alkyl carbamates (subject to hydrolysis) is 1. The van der Waals surface area contributed by atoms with E-state index in [2.05, 4.69) is 10.6 Å². The smallest absolute Gasteiger partial charge is 0.408 e. The van der Waals surface area contributed by atoms with Gasteiger partial charge in [-0.05, 0) is 51.4 Å². The van der Waals surface area contributed by atoms with Crippen LogP contribution in [0.15, 0.2) is 0 Å². The van der Waals surface area contributed by atoms with Gasteiger partial charge in [-0.15, -0.1) is 0 Å². The van der Waals surface area contributed by atoms with Gasteiger partial charge in [-0.1, -0.05) is 40.0 Å². The molecule has 2 fully saturated rings. The predicted molar refractivity (Wildman–Crippen MR) is 125 cm³/mol. The number of Topliss-reactive ketones (excluding diaryl/α,β-unsaturated/α-hetero) is 1. The summed E-state index contributed by atoms with van der Waals surface area (Å²) in [6.45, 7) is 11.0. The van der Waals surface area contributed by atoms with E-state index in [1.165, 1.54) is 4.90 Å². The highest BCUT2D eigenvalue weighted by Crippen LogP contribution is 2.31.